The Hall–Kier alpha value is -1.35. The number of nitrogens with zero attached hydrogens (tertiary/aromatic N) is 1. The zero-order chi connectivity index (χ0) is 14.3. The van der Waals surface area contributed by atoms with Gasteiger partial charge in [-0.05, 0) is 43.6 Å². The van der Waals surface area contributed by atoms with Crippen LogP contribution in [0.3, 0.4) is 0 Å². The molecule has 1 amide bonds. The van der Waals surface area contributed by atoms with E-state index in [0.29, 0.717) is 25.2 Å². The summed E-state index contributed by atoms with van der Waals surface area (Å²) >= 11 is 0. The molecule has 4 rings (SSSR count). The predicted molar refractivity (Wildman–Crippen MR) is 81.0 cm³/mol. The Labute approximate surface area is 126 Å². The number of hydrogen-bond acceptors (Lipinski definition) is 2. The van der Waals surface area contributed by atoms with Crippen LogP contribution in [0.25, 0.3) is 0 Å². The lowest BCUT2D eigenvalue weighted by atomic mass is 9.72. The summed E-state index contributed by atoms with van der Waals surface area (Å²) in [4.78, 5) is 15.6. The molecule has 2 heterocycles. The van der Waals surface area contributed by atoms with Crippen molar-refractivity contribution < 1.29 is 9.53 Å². The van der Waals surface area contributed by atoms with Crippen molar-refractivity contribution in [3.8, 4) is 0 Å². The first-order chi connectivity index (χ1) is 10.3. The van der Waals surface area contributed by atoms with E-state index in [1.54, 1.807) is 0 Å². The maximum atomic E-state index is 13.4. The fourth-order valence-corrected chi connectivity index (χ4v) is 4.55. The van der Waals surface area contributed by atoms with Gasteiger partial charge in [0.25, 0.3) is 0 Å². The third kappa shape index (κ3) is 2.10. The molecule has 1 aliphatic carbocycles. The summed E-state index contributed by atoms with van der Waals surface area (Å²) in [7, 11) is 0. The zero-order valence-corrected chi connectivity index (χ0v) is 12.5. The van der Waals surface area contributed by atoms with Gasteiger partial charge in [0.15, 0.2) is 0 Å². The van der Waals surface area contributed by atoms with E-state index in [4.69, 9.17) is 4.74 Å². The smallest absolute Gasteiger partial charge is 0.233 e. The molecule has 2 atom stereocenters. The molecule has 3 fully saturated rings. The van der Waals surface area contributed by atoms with Crippen LogP contribution in [0.2, 0.25) is 0 Å². The summed E-state index contributed by atoms with van der Waals surface area (Å²) in [6, 6.07) is 10.9. The SMILES string of the molecule is O=C(N1CC2CCC1C2)C1(c2ccccc2)CCOCC1. The van der Waals surface area contributed by atoms with Crippen molar-refractivity contribution in [2.24, 2.45) is 5.92 Å². The average Bonchev–Trinajstić information content (AvgIpc) is 3.19. The Morgan fingerprint density at radius 1 is 1.14 bits per heavy atom. The molecular formula is C18H23NO2. The zero-order valence-electron chi connectivity index (χ0n) is 12.5. The minimum absolute atomic E-state index is 0.343. The standard InChI is InChI=1S/C18H23NO2/c20-17(19-13-14-6-7-16(19)12-14)18(8-10-21-11-9-18)15-4-2-1-3-5-15/h1-5,14,16H,6-13H2. The molecule has 21 heavy (non-hydrogen) atoms. The van der Waals surface area contributed by atoms with E-state index in [1.807, 2.05) is 6.07 Å². The molecule has 1 aromatic rings. The van der Waals surface area contributed by atoms with Crippen molar-refractivity contribution >= 4 is 5.91 Å². The number of rotatable bonds is 2. The highest BCUT2D eigenvalue weighted by atomic mass is 16.5. The summed E-state index contributed by atoms with van der Waals surface area (Å²) in [5.41, 5.74) is 0.838. The summed E-state index contributed by atoms with van der Waals surface area (Å²) in [6.45, 7) is 2.38. The molecule has 1 aromatic carbocycles. The van der Waals surface area contributed by atoms with Gasteiger partial charge >= 0.3 is 0 Å². The highest BCUT2D eigenvalue weighted by molar-refractivity contribution is 5.89. The number of hydrogen-bond donors (Lipinski definition) is 0. The van der Waals surface area contributed by atoms with Gasteiger partial charge in [0.2, 0.25) is 5.91 Å². The van der Waals surface area contributed by atoms with E-state index in [1.165, 1.54) is 24.8 Å². The lowest BCUT2D eigenvalue weighted by Gasteiger charge is -2.41. The number of ether oxygens (including phenoxy) is 1. The third-order valence-corrected chi connectivity index (χ3v) is 5.75. The molecule has 3 aliphatic rings. The van der Waals surface area contributed by atoms with Gasteiger partial charge in [0.05, 0.1) is 5.41 Å². The van der Waals surface area contributed by atoms with Crippen LogP contribution in [0.5, 0.6) is 0 Å². The lowest BCUT2D eigenvalue weighted by molar-refractivity contribution is -0.143. The molecule has 1 saturated carbocycles. The summed E-state index contributed by atoms with van der Waals surface area (Å²) < 4.78 is 5.55. The molecule has 0 N–H and O–H groups in total. The molecule has 2 aliphatic heterocycles. The van der Waals surface area contributed by atoms with E-state index in [-0.39, 0.29) is 5.41 Å². The topological polar surface area (TPSA) is 29.5 Å². The van der Waals surface area contributed by atoms with Gasteiger partial charge < -0.3 is 9.64 Å². The molecule has 3 heteroatoms. The van der Waals surface area contributed by atoms with Crippen LogP contribution in [0.1, 0.15) is 37.7 Å². The van der Waals surface area contributed by atoms with Crippen LogP contribution in [0, 0.1) is 5.92 Å². The van der Waals surface area contributed by atoms with E-state index >= 15 is 0 Å². The maximum Gasteiger partial charge on any atom is 0.233 e. The van der Waals surface area contributed by atoms with Crippen LogP contribution < -0.4 is 0 Å². The molecule has 3 nitrogen and oxygen atoms in total. The Bertz CT molecular complexity index is 521. The van der Waals surface area contributed by atoms with Gasteiger partial charge in [-0.1, -0.05) is 30.3 Å². The number of likely N-dealkylation sites (tertiary alicyclic amines) is 1. The summed E-state index contributed by atoms with van der Waals surface area (Å²) in [5.74, 6) is 1.12. The second kappa shape index (κ2) is 5.13. The quantitative estimate of drug-likeness (QED) is 0.836. The van der Waals surface area contributed by atoms with Crippen molar-refractivity contribution in [2.75, 3.05) is 19.8 Å². The van der Waals surface area contributed by atoms with E-state index in [0.717, 1.165) is 25.3 Å². The van der Waals surface area contributed by atoms with Gasteiger partial charge in [-0.25, -0.2) is 0 Å². The molecule has 112 valence electrons. The fraction of sp³-hybridized carbons (Fsp3) is 0.611. The maximum absolute atomic E-state index is 13.4. The Balaban J connectivity index is 1.68. The van der Waals surface area contributed by atoms with Crippen LogP contribution >= 0.6 is 0 Å². The van der Waals surface area contributed by atoms with E-state index in [9.17, 15) is 4.79 Å². The average molecular weight is 285 g/mol. The number of carbonyl (C=O) groups excluding carboxylic acids is 1. The monoisotopic (exact) mass is 285 g/mol. The molecule has 0 spiro atoms. The van der Waals surface area contributed by atoms with Crippen LogP contribution in [0.15, 0.2) is 30.3 Å². The molecule has 2 bridgehead atoms. The molecule has 2 saturated heterocycles. The van der Waals surface area contributed by atoms with Crippen molar-refractivity contribution in [1.82, 2.24) is 4.90 Å². The first kappa shape index (κ1) is 13.3. The molecule has 0 radical (unpaired) electrons. The largest absolute Gasteiger partial charge is 0.381 e. The predicted octanol–water partition coefficient (Wildman–Crippen LogP) is 2.75. The summed E-state index contributed by atoms with van der Waals surface area (Å²) in [5, 5.41) is 0. The Kier molecular flexibility index (Phi) is 3.26. The molecule has 0 aromatic heterocycles. The highest BCUT2D eigenvalue weighted by Crippen LogP contribution is 2.43. The lowest BCUT2D eigenvalue weighted by Crippen LogP contribution is -2.52. The highest BCUT2D eigenvalue weighted by Gasteiger charge is 2.49. The number of benzene rings is 1. The van der Waals surface area contributed by atoms with Crippen molar-refractivity contribution in [1.29, 1.82) is 0 Å². The Morgan fingerprint density at radius 3 is 2.52 bits per heavy atom. The number of piperidine rings is 1. The van der Waals surface area contributed by atoms with Crippen molar-refractivity contribution in [3.63, 3.8) is 0 Å². The van der Waals surface area contributed by atoms with Gasteiger partial charge in [-0.3, -0.25) is 4.79 Å². The van der Waals surface area contributed by atoms with E-state index < -0.39 is 0 Å². The molecular weight excluding hydrogens is 262 g/mol. The van der Waals surface area contributed by atoms with Crippen molar-refractivity contribution in [3.05, 3.63) is 35.9 Å². The van der Waals surface area contributed by atoms with Crippen molar-refractivity contribution in [2.45, 2.75) is 43.6 Å². The number of amides is 1. The van der Waals surface area contributed by atoms with Crippen LogP contribution in [-0.4, -0.2) is 36.6 Å². The van der Waals surface area contributed by atoms with E-state index in [2.05, 4.69) is 29.2 Å². The normalized spacial score (nSPS) is 30.6. The second-order valence-corrected chi connectivity index (χ2v) is 6.85. The first-order valence-corrected chi connectivity index (χ1v) is 8.24. The third-order valence-electron chi connectivity index (χ3n) is 5.75. The van der Waals surface area contributed by atoms with Gasteiger partial charge in [-0.15, -0.1) is 0 Å². The second-order valence-electron chi connectivity index (χ2n) is 6.85. The summed E-state index contributed by atoms with van der Waals surface area (Å²) in [6.07, 6.45) is 5.40. The number of carbonyl (C=O) groups is 1. The minimum atomic E-state index is -0.343. The Morgan fingerprint density at radius 2 is 1.90 bits per heavy atom. The van der Waals surface area contributed by atoms with Crippen LogP contribution in [-0.2, 0) is 14.9 Å². The number of fused-ring (bicyclic) bond motifs is 2. The van der Waals surface area contributed by atoms with Gasteiger partial charge in [0.1, 0.15) is 0 Å². The van der Waals surface area contributed by atoms with Crippen LogP contribution in [0.4, 0.5) is 0 Å². The minimum Gasteiger partial charge on any atom is -0.381 e. The van der Waals surface area contributed by atoms with Gasteiger partial charge in [0, 0.05) is 25.8 Å². The molecule has 2 unspecified atom stereocenters. The first-order valence-electron chi connectivity index (χ1n) is 8.24. The van der Waals surface area contributed by atoms with Gasteiger partial charge in [-0.2, -0.15) is 0 Å². The fourth-order valence-electron chi connectivity index (χ4n) is 4.55.